The third-order valence-electron chi connectivity index (χ3n) is 6.64. The molecule has 5 aromatic rings. The van der Waals surface area contributed by atoms with Crippen LogP contribution in [0.2, 0.25) is 0 Å². The molecule has 0 radical (unpaired) electrons. The fraction of sp³-hybridized carbons (Fsp3) is 0.0857. The molecule has 216 valence electrons. The largest absolute Gasteiger partial charge is 0.497 e. The number of carboxylic acid groups (broad SMARTS) is 1. The van der Waals surface area contributed by atoms with Crippen LogP contribution in [-0.4, -0.2) is 24.1 Å². The van der Waals surface area contributed by atoms with E-state index >= 15 is 0 Å². The molecule has 0 saturated heterocycles. The van der Waals surface area contributed by atoms with Crippen molar-refractivity contribution in [1.82, 2.24) is 5.32 Å². The lowest BCUT2D eigenvalue weighted by atomic mass is 9.98. The number of halogens is 1. The molecule has 7 nitrogen and oxygen atoms in total. The maximum Gasteiger partial charge on any atom is 0.305 e. The Morgan fingerprint density at radius 2 is 1.37 bits per heavy atom. The van der Waals surface area contributed by atoms with Crippen molar-refractivity contribution in [1.29, 1.82) is 0 Å². The number of methoxy groups -OCH3 is 1. The Labute approximate surface area is 257 Å². The van der Waals surface area contributed by atoms with Gasteiger partial charge in [0.1, 0.15) is 28.7 Å². The summed E-state index contributed by atoms with van der Waals surface area (Å²) < 4.78 is 18.0. The van der Waals surface area contributed by atoms with Crippen LogP contribution < -0.4 is 19.5 Å². The number of para-hydroxylation sites is 2. The van der Waals surface area contributed by atoms with E-state index in [-0.39, 0.29) is 12.0 Å². The molecule has 5 aromatic carbocycles. The summed E-state index contributed by atoms with van der Waals surface area (Å²) in [6.07, 6.45) is -0.304. The molecule has 8 heteroatoms. The summed E-state index contributed by atoms with van der Waals surface area (Å²) in [6, 6.07) is 35.9. The summed E-state index contributed by atoms with van der Waals surface area (Å²) in [5.74, 6) is 1.42. The Balaban J connectivity index is 1.38. The van der Waals surface area contributed by atoms with Crippen molar-refractivity contribution in [2.24, 2.45) is 0 Å². The van der Waals surface area contributed by atoms with E-state index in [1.165, 1.54) is 0 Å². The number of amides is 1. The molecule has 0 aliphatic rings. The highest BCUT2D eigenvalue weighted by atomic mass is 79.9. The number of carboxylic acids is 1. The van der Waals surface area contributed by atoms with Gasteiger partial charge in [-0.25, -0.2) is 0 Å². The van der Waals surface area contributed by atoms with Gasteiger partial charge in [0.25, 0.3) is 5.91 Å². The monoisotopic (exact) mass is 637 g/mol. The first-order valence-corrected chi connectivity index (χ1v) is 14.3. The van der Waals surface area contributed by atoms with Crippen molar-refractivity contribution in [3.8, 4) is 39.9 Å². The first kappa shape index (κ1) is 29.4. The van der Waals surface area contributed by atoms with E-state index in [1.807, 2.05) is 78.9 Å². The molecule has 0 aromatic heterocycles. The lowest BCUT2D eigenvalue weighted by molar-refractivity contribution is -0.137. The Kier molecular flexibility index (Phi) is 9.39. The number of carbonyl (C=O) groups excluding carboxylic acids is 1. The molecule has 43 heavy (non-hydrogen) atoms. The van der Waals surface area contributed by atoms with Crippen molar-refractivity contribution in [3.05, 3.63) is 137 Å². The predicted molar refractivity (Wildman–Crippen MR) is 168 cm³/mol. The molecule has 0 saturated carbocycles. The second-order valence-electron chi connectivity index (χ2n) is 9.58. The van der Waals surface area contributed by atoms with Gasteiger partial charge in [0.2, 0.25) is 0 Å². The van der Waals surface area contributed by atoms with E-state index in [9.17, 15) is 14.7 Å². The highest BCUT2D eigenvalue weighted by Crippen LogP contribution is 2.34. The topological polar surface area (TPSA) is 94.1 Å². The molecule has 0 spiro atoms. The quantitative estimate of drug-likeness (QED) is 0.150. The first-order valence-electron chi connectivity index (χ1n) is 13.5. The Bertz CT molecular complexity index is 1710. The number of rotatable bonds is 11. The second-order valence-corrected chi connectivity index (χ2v) is 10.5. The van der Waals surface area contributed by atoms with Gasteiger partial charge in [-0.15, -0.1) is 0 Å². The van der Waals surface area contributed by atoms with Gasteiger partial charge in [0.05, 0.1) is 25.1 Å². The lowest BCUT2D eigenvalue weighted by Crippen LogP contribution is -2.30. The number of carbonyl (C=O) groups is 2. The molecule has 0 heterocycles. The number of nitrogens with one attached hydrogen (secondary N) is 1. The van der Waals surface area contributed by atoms with Crippen molar-refractivity contribution < 1.29 is 28.9 Å². The number of benzene rings is 5. The number of hydrogen-bond acceptors (Lipinski definition) is 5. The fourth-order valence-electron chi connectivity index (χ4n) is 4.51. The first-order chi connectivity index (χ1) is 20.9. The van der Waals surface area contributed by atoms with E-state index in [2.05, 4.69) is 21.2 Å². The molecule has 2 N–H and O–H groups in total. The van der Waals surface area contributed by atoms with Crippen LogP contribution in [-0.2, 0) is 4.79 Å². The van der Waals surface area contributed by atoms with Gasteiger partial charge in [-0.2, -0.15) is 0 Å². The highest BCUT2D eigenvalue weighted by molar-refractivity contribution is 9.10. The zero-order chi connectivity index (χ0) is 30.2. The van der Waals surface area contributed by atoms with Gasteiger partial charge in [0.15, 0.2) is 0 Å². The summed E-state index contributed by atoms with van der Waals surface area (Å²) in [6.45, 7) is 0. The van der Waals surface area contributed by atoms with Crippen molar-refractivity contribution in [2.75, 3.05) is 7.11 Å². The van der Waals surface area contributed by atoms with Gasteiger partial charge >= 0.3 is 5.97 Å². The summed E-state index contributed by atoms with van der Waals surface area (Å²) in [5.41, 5.74) is 2.67. The standard InChI is InChI=1S/C35H28BrNO6/c1-41-26-16-18-28(19-17-26)43-33-20-15-25(36)21-30(33)35(40)37-31(22-34(38)39)24-13-11-23(12-14-24)29-9-5-6-10-32(29)42-27-7-3-2-4-8-27/h2-21,31H,22H2,1H3,(H,37,40)(H,38,39). The number of aliphatic carboxylic acids is 1. The molecular formula is C35H28BrNO6. The Hall–Kier alpha value is -5.08. The molecule has 0 aliphatic heterocycles. The van der Waals surface area contributed by atoms with Crippen molar-refractivity contribution in [2.45, 2.75) is 12.5 Å². The molecule has 5 rings (SSSR count). The van der Waals surface area contributed by atoms with Gasteiger partial charge < -0.3 is 24.6 Å². The zero-order valence-electron chi connectivity index (χ0n) is 23.2. The van der Waals surface area contributed by atoms with Gasteiger partial charge in [-0.3, -0.25) is 9.59 Å². The van der Waals surface area contributed by atoms with Gasteiger partial charge in [-0.1, -0.05) is 76.6 Å². The smallest absolute Gasteiger partial charge is 0.305 e. The van der Waals surface area contributed by atoms with Crippen LogP contribution in [0, 0.1) is 0 Å². The summed E-state index contributed by atoms with van der Waals surface area (Å²) >= 11 is 3.42. The molecular weight excluding hydrogens is 610 g/mol. The van der Waals surface area contributed by atoms with Crippen LogP contribution in [0.4, 0.5) is 0 Å². The normalized spacial score (nSPS) is 11.3. The number of hydrogen-bond donors (Lipinski definition) is 2. The van der Waals surface area contributed by atoms with E-state index in [1.54, 1.807) is 49.6 Å². The molecule has 1 unspecified atom stereocenters. The van der Waals surface area contributed by atoms with Crippen molar-refractivity contribution >= 4 is 27.8 Å². The van der Waals surface area contributed by atoms with Crippen LogP contribution in [0.3, 0.4) is 0 Å². The summed E-state index contributed by atoms with van der Waals surface area (Å²) in [7, 11) is 1.58. The lowest BCUT2D eigenvalue weighted by Gasteiger charge is -2.20. The average Bonchev–Trinajstić information content (AvgIpc) is 3.02. The van der Waals surface area contributed by atoms with E-state index in [0.717, 1.165) is 16.9 Å². The Morgan fingerprint density at radius 3 is 2.07 bits per heavy atom. The minimum absolute atomic E-state index is 0.254. The molecule has 1 amide bonds. The van der Waals surface area contributed by atoms with Crippen molar-refractivity contribution in [3.63, 3.8) is 0 Å². The molecule has 0 bridgehead atoms. The third-order valence-corrected chi connectivity index (χ3v) is 7.13. The molecule has 0 aliphatic carbocycles. The molecule has 1 atom stereocenters. The van der Waals surface area contributed by atoms with Crippen LogP contribution in [0.5, 0.6) is 28.7 Å². The average molecular weight is 639 g/mol. The SMILES string of the molecule is COc1ccc(Oc2ccc(Br)cc2C(=O)NC(CC(=O)O)c2ccc(-c3ccccc3Oc3ccccc3)cc2)cc1. The van der Waals surface area contributed by atoms with Crippen LogP contribution in [0.25, 0.3) is 11.1 Å². The minimum atomic E-state index is -1.04. The summed E-state index contributed by atoms with van der Waals surface area (Å²) in [5, 5.41) is 12.6. The van der Waals surface area contributed by atoms with E-state index < -0.39 is 17.9 Å². The van der Waals surface area contributed by atoms with E-state index in [4.69, 9.17) is 14.2 Å². The van der Waals surface area contributed by atoms with Crippen LogP contribution in [0.1, 0.15) is 28.4 Å². The van der Waals surface area contributed by atoms with Gasteiger partial charge in [0, 0.05) is 10.0 Å². The minimum Gasteiger partial charge on any atom is -0.497 e. The third kappa shape index (κ3) is 7.61. The van der Waals surface area contributed by atoms with Crippen LogP contribution in [0.15, 0.2) is 126 Å². The maximum atomic E-state index is 13.5. The maximum absolute atomic E-state index is 13.5. The predicted octanol–water partition coefficient (Wildman–Crippen LogP) is 8.66. The molecule has 0 fully saturated rings. The second kappa shape index (κ2) is 13.7. The zero-order valence-corrected chi connectivity index (χ0v) is 24.8. The Morgan fingerprint density at radius 1 is 0.744 bits per heavy atom. The highest BCUT2D eigenvalue weighted by Gasteiger charge is 2.22. The van der Waals surface area contributed by atoms with E-state index in [0.29, 0.717) is 33.0 Å². The van der Waals surface area contributed by atoms with Crippen LogP contribution >= 0.6 is 15.9 Å². The van der Waals surface area contributed by atoms with Gasteiger partial charge in [-0.05, 0) is 71.8 Å². The summed E-state index contributed by atoms with van der Waals surface area (Å²) in [4.78, 5) is 25.4. The fourth-order valence-corrected chi connectivity index (χ4v) is 4.87. The number of ether oxygens (including phenoxy) is 3.